The summed E-state index contributed by atoms with van der Waals surface area (Å²) in [6, 6.07) is 6.78. The lowest BCUT2D eigenvalue weighted by atomic mass is 9.52. The topological polar surface area (TPSA) is 3.24 Å². The number of likely N-dealkylation sites (N-methyl/N-ethyl adjacent to an activating group) is 1. The molecule has 5 aliphatic carbocycles. The van der Waals surface area contributed by atoms with Crippen LogP contribution in [0.25, 0.3) is 6.08 Å². The van der Waals surface area contributed by atoms with Gasteiger partial charge in [0.1, 0.15) is 0 Å². The Morgan fingerprint density at radius 1 is 1.00 bits per heavy atom. The zero-order valence-corrected chi connectivity index (χ0v) is 19.0. The van der Waals surface area contributed by atoms with Crippen LogP contribution in [-0.4, -0.2) is 23.5 Å². The van der Waals surface area contributed by atoms with E-state index in [9.17, 15) is 0 Å². The third-order valence-electron chi connectivity index (χ3n) is 8.76. The lowest BCUT2D eigenvalue weighted by Gasteiger charge is -2.60. The Kier molecular flexibility index (Phi) is 5.82. The minimum absolute atomic E-state index is 0.510. The molecule has 5 saturated carbocycles. The number of rotatable bonds is 6. The van der Waals surface area contributed by atoms with Crippen molar-refractivity contribution in [1.82, 2.24) is 4.90 Å². The molecule has 0 N–H and O–H groups in total. The Morgan fingerprint density at radius 3 is 2.24 bits per heavy atom. The van der Waals surface area contributed by atoms with E-state index in [1.54, 1.807) is 0 Å². The summed E-state index contributed by atoms with van der Waals surface area (Å²) in [5.41, 5.74) is 3.15. The highest BCUT2D eigenvalue weighted by atomic mass is 35.5. The molecule has 4 bridgehead atoms. The van der Waals surface area contributed by atoms with Crippen molar-refractivity contribution in [1.29, 1.82) is 0 Å². The molecule has 5 aliphatic rings. The normalized spacial score (nSPS) is 34.5. The van der Waals surface area contributed by atoms with Gasteiger partial charge in [-0.2, -0.15) is 0 Å². The minimum atomic E-state index is 0.510. The van der Waals surface area contributed by atoms with Gasteiger partial charge in [0.15, 0.2) is 0 Å². The molecule has 0 saturated heterocycles. The molecule has 1 aromatic carbocycles. The van der Waals surface area contributed by atoms with E-state index in [2.05, 4.69) is 42.2 Å². The van der Waals surface area contributed by atoms with Crippen molar-refractivity contribution in [3.05, 3.63) is 40.4 Å². The second kappa shape index (κ2) is 8.39. The lowest BCUT2D eigenvalue weighted by Crippen LogP contribution is -2.59. The van der Waals surface area contributed by atoms with E-state index < -0.39 is 0 Å². The van der Waals surface area contributed by atoms with Gasteiger partial charge in [-0.15, -0.1) is 0 Å². The number of nitrogens with zero attached hydrogens (tertiary/aromatic N) is 1. The summed E-state index contributed by atoms with van der Waals surface area (Å²) in [6.07, 6.45) is 20.4. The molecular weight excluding hydrogens is 374 g/mol. The Balaban J connectivity index is 1.25. The average molecular weight is 412 g/mol. The van der Waals surface area contributed by atoms with E-state index >= 15 is 0 Å². The molecule has 0 radical (unpaired) electrons. The van der Waals surface area contributed by atoms with E-state index in [0.29, 0.717) is 11.5 Å². The van der Waals surface area contributed by atoms with Crippen molar-refractivity contribution in [2.24, 2.45) is 17.8 Å². The van der Waals surface area contributed by atoms with Crippen LogP contribution in [0.5, 0.6) is 0 Å². The Hall–Kier alpha value is -0.790. The maximum Gasteiger partial charge on any atom is 0.0446 e. The first-order valence-corrected chi connectivity index (χ1v) is 12.7. The fourth-order valence-electron chi connectivity index (χ4n) is 7.82. The Bertz CT molecular complexity index is 710. The van der Waals surface area contributed by atoms with Crippen molar-refractivity contribution in [3.63, 3.8) is 0 Å². The van der Waals surface area contributed by atoms with Gasteiger partial charge in [0.05, 0.1) is 0 Å². The second-order valence-electron chi connectivity index (χ2n) is 10.7. The lowest BCUT2D eigenvalue weighted by molar-refractivity contribution is -0.0828. The van der Waals surface area contributed by atoms with Crippen LogP contribution >= 0.6 is 11.6 Å². The summed E-state index contributed by atoms with van der Waals surface area (Å²) in [5, 5.41) is 0.979. The number of hydrogen-bond acceptors (Lipinski definition) is 1. The maximum atomic E-state index is 6.70. The smallest absolute Gasteiger partial charge is 0.0446 e. The monoisotopic (exact) mass is 411 g/mol. The molecular formula is C27H38ClN. The van der Waals surface area contributed by atoms with Crippen LogP contribution in [0.15, 0.2) is 24.3 Å². The molecule has 0 aromatic heterocycles. The first-order valence-electron chi connectivity index (χ1n) is 12.4. The largest absolute Gasteiger partial charge is 0.294 e. The number of benzene rings is 1. The predicted molar refractivity (Wildman–Crippen MR) is 124 cm³/mol. The van der Waals surface area contributed by atoms with Crippen LogP contribution in [0.1, 0.15) is 94.6 Å². The highest BCUT2D eigenvalue weighted by Gasteiger charge is 2.52. The van der Waals surface area contributed by atoms with Gasteiger partial charge in [0.25, 0.3) is 0 Å². The molecule has 6 rings (SSSR count). The summed E-state index contributed by atoms with van der Waals surface area (Å²) < 4.78 is 0. The zero-order chi connectivity index (χ0) is 19.8. The van der Waals surface area contributed by atoms with Gasteiger partial charge in [-0.3, -0.25) is 4.90 Å². The van der Waals surface area contributed by atoms with Crippen LogP contribution in [0.3, 0.4) is 0 Å². The van der Waals surface area contributed by atoms with Gasteiger partial charge in [0.2, 0.25) is 0 Å². The summed E-state index contributed by atoms with van der Waals surface area (Å²) >= 11 is 6.70. The van der Waals surface area contributed by atoms with Crippen LogP contribution in [0.4, 0.5) is 0 Å². The molecule has 0 amide bonds. The van der Waals surface area contributed by atoms with Gasteiger partial charge in [0, 0.05) is 17.1 Å². The quantitative estimate of drug-likeness (QED) is 0.463. The fourth-order valence-corrected chi connectivity index (χ4v) is 8.16. The van der Waals surface area contributed by atoms with Gasteiger partial charge in [-0.05, 0) is 98.8 Å². The zero-order valence-electron chi connectivity index (χ0n) is 18.2. The highest BCUT2D eigenvalue weighted by Crippen LogP contribution is 2.57. The van der Waals surface area contributed by atoms with Gasteiger partial charge in [-0.1, -0.05) is 62.1 Å². The Morgan fingerprint density at radius 2 is 1.66 bits per heavy atom. The summed E-state index contributed by atoms with van der Waals surface area (Å²) in [7, 11) is 0. The van der Waals surface area contributed by atoms with Crippen molar-refractivity contribution >= 4 is 17.7 Å². The molecule has 0 heterocycles. The van der Waals surface area contributed by atoms with Crippen molar-refractivity contribution in [3.8, 4) is 0 Å². The third-order valence-corrected chi connectivity index (χ3v) is 9.09. The van der Waals surface area contributed by atoms with Gasteiger partial charge in [-0.25, -0.2) is 0 Å². The molecule has 29 heavy (non-hydrogen) atoms. The molecule has 2 heteroatoms. The van der Waals surface area contributed by atoms with E-state index in [4.69, 9.17) is 11.6 Å². The van der Waals surface area contributed by atoms with Crippen molar-refractivity contribution in [2.75, 3.05) is 13.1 Å². The molecule has 0 atom stereocenters. The number of hydrogen-bond donors (Lipinski definition) is 0. The van der Waals surface area contributed by atoms with Gasteiger partial charge < -0.3 is 0 Å². The highest BCUT2D eigenvalue weighted by molar-refractivity contribution is 6.31. The maximum absolute atomic E-state index is 6.70. The number of halogens is 1. The standard InChI is InChI=1S/C27H38ClN/c1-2-29(27-17-21-13-22(18-27)15-23(14-21)19-27)12-6-7-20-10-11-25(26(28)16-20)24-8-4-3-5-9-24/h6-7,10-11,16,21-24H,2-5,8-9,12-15,17-19H2,1H3/b7-6+. The van der Waals surface area contributed by atoms with E-state index in [1.807, 2.05) is 0 Å². The molecule has 0 spiro atoms. The first-order chi connectivity index (χ1) is 14.1. The minimum Gasteiger partial charge on any atom is -0.294 e. The van der Waals surface area contributed by atoms with E-state index in [1.165, 1.54) is 88.3 Å². The third kappa shape index (κ3) is 4.07. The van der Waals surface area contributed by atoms with Crippen molar-refractivity contribution < 1.29 is 0 Å². The van der Waals surface area contributed by atoms with E-state index in [0.717, 1.165) is 29.3 Å². The van der Waals surface area contributed by atoms with Gasteiger partial charge >= 0.3 is 0 Å². The summed E-state index contributed by atoms with van der Waals surface area (Å²) in [6.45, 7) is 4.63. The van der Waals surface area contributed by atoms with Crippen LogP contribution in [-0.2, 0) is 0 Å². The summed E-state index contributed by atoms with van der Waals surface area (Å²) in [4.78, 5) is 2.81. The average Bonchev–Trinajstić information content (AvgIpc) is 2.71. The van der Waals surface area contributed by atoms with Crippen LogP contribution in [0.2, 0.25) is 5.02 Å². The van der Waals surface area contributed by atoms with Crippen molar-refractivity contribution in [2.45, 2.75) is 89.0 Å². The summed E-state index contributed by atoms with van der Waals surface area (Å²) in [5.74, 6) is 3.74. The predicted octanol–water partition coefficient (Wildman–Crippen LogP) is 7.69. The molecule has 158 valence electrons. The molecule has 5 fully saturated rings. The van der Waals surface area contributed by atoms with Crippen LogP contribution < -0.4 is 0 Å². The van der Waals surface area contributed by atoms with E-state index in [-0.39, 0.29) is 0 Å². The first kappa shape index (κ1) is 20.1. The second-order valence-corrected chi connectivity index (χ2v) is 11.1. The van der Waals surface area contributed by atoms with Crippen LogP contribution in [0, 0.1) is 17.8 Å². The molecule has 1 aromatic rings. The fraction of sp³-hybridized carbons (Fsp3) is 0.704. The molecule has 1 nitrogen and oxygen atoms in total. The Labute approximate surface area is 182 Å². The molecule has 0 unspecified atom stereocenters. The SMILES string of the molecule is CCN(C/C=C/c1ccc(C2CCCCC2)c(Cl)c1)C12CC3CC(CC(C3)C1)C2. The molecule has 0 aliphatic heterocycles.